The molecule has 3 heterocycles. The SMILES string of the molecule is CN1CC2CCCC1CN2C(C)(C)C. The van der Waals surface area contributed by atoms with Crippen molar-refractivity contribution in [3.63, 3.8) is 0 Å². The number of hydrogen-bond acceptors (Lipinski definition) is 2. The maximum atomic E-state index is 2.73. The van der Waals surface area contributed by atoms with Gasteiger partial charge in [0.2, 0.25) is 0 Å². The normalized spacial score (nSPS) is 36.0. The fourth-order valence-corrected chi connectivity index (χ4v) is 3.07. The van der Waals surface area contributed by atoms with Gasteiger partial charge in [0.1, 0.15) is 0 Å². The van der Waals surface area contributed by atoms with E-state index in [9.17, 15) is 0 Å². The molecule has 0 aromatic carbocycles. The highest BCUT2D eigenvalue weighted by Crippen LogP contribution is 2.31. The van der Waals surface area contributed by atoms with Crippen molar-refractivity contribution in [1.82, 2.24) is 9.80 Å². The Morgan fingerprint density at radius 1 is 1.00 bits per heavy atom. The van der Waals surface area contributed by atoms with Gasteiger partial charge in [-0.2, -0.15) is 0 Å². The van der Waals surface area contributed by atoms with Gasteiger partial charge in [0.15, 0.2) is 0 Å². The molecule has 3 aliphatic heterocycles. The lowest BCUT2D eigenvalue weighted by atomic mass is 9.98. The lowest BCUT2D eigenvalue weighted by molar-refractivity contribution is -0.000440. The summed E-state index contributed by atoms with van der Waals surface area (Å²) in [5.74, 6) is 0. The molecule has 3 aliphatic rings. The number of nitrogens with zero attached hydrogens (tertiary/aromatic N) is 2. The molecule has 0 amide bonds. The van der Waals surface area contributed by atoms with Crippen molar-refractivity contribution in [2.24, 2.45) is 0 Å². The van der Waals surface area contributed by atoms with E-state index in [0.717, 1.165) is 12.1 Å². The van der Waals surface area contributed by atoms with Gasteiger partial charge in [-0.05, 0) is 40.7 Å². The molecule has 0 N–H and O–H groups in total. The van der Waals surface area contributed by atoms with Crippen molar-refractivity contribution in [3.05, 3.63) is 0 Å². The van der Waals surface area contributed by atoms with E-state index in [4.69, 9.17) is 0 Å². The zero-order chi connectivity index (χ0) is 10.3. The van der Waals surface area contributed by atoms with Crippen molar-refractivity contribution in [2.45, 2.75) is 57.7 Å². The van der Waals surface area contributed by atoms with Gasteiger partial charge in [-0.1, -0.05) is 6.42 Å². The zero-order valence-corrected chi connectivity index (χ0v) is 10.1. The molecule has 2 atom stereocenters. The first-order chi connectivity index (χ1) is 6.48. The van der Waals surface area contributed by atoms with Gasteiger partial charge >= 0.3 is 0 Å². The molecule has 14 heavy (non-hydrogen) atoms. The number of piperazine rings is 1. The van der Waals surface area contributed by atoms with Crippen LogP contribution < -0.4 is 0 Å². The summed E-state index contributed by atoms with van der Waals surface area (Å²) in [5, 5.41) is 0. The van der Waals surface area contributed by atoms with Gasteiger partial charge in [0, 0.05) is 30.7 Å². The van der Waals surface area contributed by atoms with Crippen LogP contribution >= 0.6 is 0 Å². The van der Waals surface area contributed by atoms with Gasteiger partial charge in [-0.15, -0.1) is 0 Å². The second kappa shape index (κ2) is 3.49. The van der Waals surface area contributed by atoms with Crippen molar-refractivity contribution in [3.8, 4) is 0 Å². The Labute approximate surface area is 88.3 Å². The van der Waals surface area contributed by atoms with E-state index in [1.807, 2.05) is 0 Å². The van der Waals surface area contributed by atoms with Crippen LogP contribution in [0.5, 0.6) is 0 Å². The van der Waals surface area contributed by atoms with Gasteiger partial charge < -0.3 is 4.90 Å². The fraction of sp³-hybridized carbons (Fsp3) is 1.00. The average molecular weight is 196 g/mol. The maximum absolute atomic E-state index is 2.73. The van der Waals surface area contributed by atoms with Crippen molar-refractivity contribution in [1.29, 1.82) is 0 Å². The molecule has 3 saturated heterocycles. The fourth-order valence-electron chi connectivity index (χ4n) is 3.07. The van der Waals surface area contributed by atoms with E-state index in [-0.39, 0.29) is 0 Å². The molecule has 3 rings (SSSR count). The highest BCUT2D eigenvalue weighted by Gasteiger charge is 2.39. The van der Waals surface area contributed by atoms with Gasteiger partial charge in [-0.3, -0.25) is 4.90 Å². The van der Waals surface area contributed by atoms with E-state index in [1.165, 1.54) is 32.4 Å². The predicted molar refractivity (Wildman–Crippen MR) is 60.5 cm³/mol. The van der Waals surface area contributed by atoms with Crippen LogP contribution in [-0.2, 0) is 0 Å². The van der Waals surface area contributed by atoms with E-state index in [0.29, 0.717) is 5.54 Å². The lowest BCUT2D eigenvalue weighted by Crippen LogP contribution is -2.60. The molecule has 2 nitrogen and oxygen atoms in total. The van der Waals surface area contributed by atoms with E-state index >= 15 is 0 Å². The minimum Gasteiger partial charge on any atom is -0.301 e. The third-order valence-electron chi connectivity index (χ3n) is 3.91. The molecule has 0 radical (unpaired) electrons. The predicted octanol–water partition coefficient (Wildman–Crippen LogP) is 1.95. The average Bonchev–Trinajstić information content (AvgIpc) is 2.33. The molecular weight excluding hydrogens is 172 g/mol. The summed E-state index contributed by atoms with van der Waals surface area (Å²) in [6, 6.07) is 1.62. The number of hydrogen-bond donors (Lipinski definition) is 0. The molecule has 2 unspecified atom stereocenters. The Balaban J connectivity index is 2.16. The summed E-state index contributed by atoms with van der Waals surface area (Å²) in [6.07, 6.45) is 4.23. The molecule has 0 aromatic rings. The minimum atomic E-state index is 0.356. The molecule has 3 fully saturated rings. The number of likely N-dealkylation sites (N-methyl/N-ethyl adjacent to an activating group) is 1. The monoisotopic (exact) mass is 196 g/mol. The molecule has 0 aliphatic carbocycles. The second-order valence-electron chi connectivity index (χ2n) is 6.00. The Morgan fingerprint density at radius 2 is 1.64 bits per heavy atom. The van der Waals surface area contributed by atoms with Crippen molar-refractivity contribution < 1.29 is 0 Å². The van der Waals surface area contributed by atoms with E-state index < -0.39 is 0 Å². The maximum Gasteiger partial charge on any atom is 0.0229 e. The summed E-state index contributed by atoms with van der Waals surface area (Å²) in [6.45, 7) is 9.63. The second-order valence-corrected chi connectivity index (χ2v) is 6.00. The largest absolute Gasteiger partial charge is 0.301 e. The molecule has 2 bridgehead atoms. The lowest BCUT2D eigenvalue weighted by Gasteiger charge is -2.48. The molecule has 2 heteroatoms. The number of fused-ring (bicyclic) bond motifs is 4. The van der Waals surface area contributed by atoms with E-state index in [2.05, 4.69) is 37.6 Å². The Hall–Kier alpha value is -0.0800. The van der Waals surface area contributed by atoms with Crippen LogP contribution in [0, 0.1) is 0 Å². The third-order valence-corrected chi connectivity index (χ3v) is 3.91. The summed E-state index contributed by atoms with van der Waals surface area (Å²) in [4.78, 5) is 5.30. The topological polar surface area (TPSA) is 6.48 Å². The Bertz CT molecular complexity index is 207. The van der Waals surface area contributed by atoms with E-state index in [1.54, 1.807) is 0 Å². The van der Waals surface area contributed by atoms with Crippen LogP contribution in [0.25, 0.3) is 0 Å². The molecule has 0 saturated carbocycles. The van der Waals surface area contributed by atoms with Crippen LogP contribution in [0.2, 0.25) is 0 Å². The smallest absolute Gasteiger partial charge is 0.0229 e. The summed E-state index contributed by atoms with van der Waals surface area (Å²) in [5.41, 5.74) is 0.356. The van der Waals surface area contributed by atoms with Crippen molar-refractivity contribution in [2.75, 3.05) is 20.1 Å². The minimum absolute atomic E-state index is 0.356. The zero-order valence-electron chi connectivity index (χ0n) is 10.1. The Morgan fingerprint density at radius 3 is 2.29 bits per heavy atom. The van der Waals surface area contributed by atoms with Gasteiger partial charge in [0.25, 0.3) is 0 Å². The Kier molecular flexibility index (Phi) is 2.61. The molecular formula is C12H24N2. The van der Waals surface area contributed by atoms with Crippen LogP contribution in [0.15, 0.2) is 0 Å². The third kappa shape index (κ3) is 1.82. The molecule has 0 spiro atoms. The van der Waals surface area contributed by atoms with Crippen LogP contribution in [-0.4, -0.2) is 47.6 Å². The first-order valence-electron chi connectivity index (χ1n) is 5.95. The summed E-state index contributed by atoms with van der Waals surface area (Å²) < 4.78 is 0. The summed E-state index contributed by atoms with van der Waals surface area (Å²) >= 11 is 0. The first kappa shape index (κ1) is 10.4. The highest BCUT2D eigenvalue weighted by molar-refractivity contribution is 4.95. The molecule has 82 valence electrons. The first-order valence-corrected chi connectivity index (χ1v) is 5.95. The van der Waals surface area contributed by atoms with Gasteiger partial charge in [-0.25, -0.2) is 0 Å². The number of rotatable bonds is 0. The van der Waals surface area contributed by atoms with Crippen molar-refractivity contribution >= 4 is 0 Å². The summed E-state index contributed by atoms with van der Waals surface area (Å²) in [7, 11) is 2.29. The molecule has 0 aromatic heterocycles. The van der Waals surface area contributed by atoms with Crippen LogP contribution in [0.4, 0.5) is 0 Å². The highest BCUT2D eigenvalue weighted by atomic mass is 15.3. The standard InChI is InChI=1S/C12H24N2/c1-12(2,3)14-9-10-6-5-7-11(14)8-13(10)4/h10-11H,5-9H2,1-4H3. The van der Waals surface area contributed by atoms with Gasteiger partial charge in [0.05, 0.1) is 0 Å². The van der Waals surface area contributed by atoms with Crippen LogP contribution in [0.3, 0.4) is 0 Å². The quantitative estimate of drug-likeness (QED) is 0.584. The van der Waals surface area contributed by atoms with Crippen LogP contribution in [0.1, 0.15) is 40.0 Å².